The van der Waals surface area contributed by atoms with Crippen LogP contribution in [0.2, 0.25) is 0 Å². The quantitative estimate of drug-likeness (QED) is 0.657. The largest absolute Gasteiger partial charge is 0.508 e. The zero-order valence-corrected chi connectivity index (χ0v) is 16.7. The lowest BCUT2D eigenvalue weighted by Crippen LogP contribution is -2.15. The number of benzene rings is 3. The highest BCUT2D eigenvalue weighted by Gasteiger charge is 2.38. The summed E-state index contributed by atoms with van der Waals surface area (Å²) in [5, 5.41) is 11.8. The number of hydrogen-bond acceptors (Lipinski definition) is 4. The summed E-state index contributed by atoms with van der Waals surface area (Å²) >= 11 is 0. The molecule has 3 aromatic rings. The third kappa shape index (κ3) is 3.45. The van der Waals surface area contributed by atoms with E-state index in [9.17, 15) is 13.5 Å². The van der Waals surface area contributed by atoms with E-state index in [0.717, 1.165) is 34.1 Å². The monoisotopic (exact) mass is 402 g/mol. The van der Waals surface area contributed by atoms with E-state index in [1.54, 1.807) is 36.4 Å². The fourth-order valence-corrected chi connectivity index (χ4v) is 9.45. The first-order valence-electron chi connectivity index (χ1n) is 8.93. The standard InChI is InChI=1S/C21H22O4S2/c1-16-7-11-19(12-8-16)27(23,24)25-26(13-2-3-14-26)21-6-4-5-17-9-10-18(22)15-20(17)21/h4-12,15,22H,2-3,13-14H2,1H3. The van der Waals surface area contributed by atoms with Crippen LogP contribution in [0.15, 0.2) is 70.5 Å². The molecule has 4 rings (SSSR count). The Bertz CT molecular complexity index is 1080. The van der Waals surface area contributed by atoms with Crippen molar-refractivity contribution in [1.29, 1.82) is 0 Å². The molecule has 0 unspecified atom stereocenters. The summed E-state index contributed by atoms with van der Waals surface area (Å²) in [7, 11) is -5.87. The second-order valence-electron chi connectivity index (χ2n) is 6.92. The van der Waals surface area contributed by atoms with Crippen molar-refractivity contribution in [3.05, 3.63) is 66.2 Å². The molecule has 1 heterocycles. The fraction of sp³-hybridized carbons (Fsp3) is 0.238. The third-order valence-corrected chi connectivity index (χ3v) is 10.6. The smallest absolute Gasteiger partial charge is 0.306 e. The first kappa shape index (κ1) is 18.3. The maximum Gasteiger partial charge on any atom is 0.306 e. The van der Waals surface area contributed by atoms with Crippen LogP contribution in [0.1, 0.15) is 18.4 Å². The lowest BCUT2D eigenvalue weighted by molar-refractivity contribution is 0.476. The van der Waals surface area contributed by atoms with Gasteiger partial charge < -0.3 is 5.11 Å². The molecule has 1 fully saturated rings. The van der Waals surface area contributed by atoms with Gasteiger partial charge in [-0.1, -0.05) is 46.2 Å². The van der Waals surface area contributed by atoms with Crippen molar-refractivity contribution in [3.8, 4) is 5.75 Å². The second kappa shape index (κ2) is 6.86. The lowest BCUT2D eigenvalue weighted by atomic mass is 10.1. The molecule has 0 aromatic heterocycles. The van der Waals surface area contributed by atoms with E-state index in [-0.39, 0.29) is 10.6 Å². The average Bonchev–Trinajstić information content (AvgIpc) is 3.10. The molecule has 0 saturated carbocycles. The van der Waals surface area contributed by atoms with Crippen LogP contribution in [-0.4, -0.2) is 25.0 Å². The van der Waals surface area contributed by atoms with E-state index in [4.69, 9.17) is 3.63 Å². The minimum Gasteiger partial charge on any atom is -0.508 e. The molecule has 1 saturated heterocycles. The van der Waals surface area contributed by atoms with Crippen LogP contribution in [0.4, 0.5) is 0 Å². The third-order valence-electron chi connectivity index (χ3n) is 4.95. The summed E-state index contributed by atoms with van der Waals surface area (Å²) in [5.41, 5.74) is 1.00. The molecule has 4 nitrogen and oxygen atoms in total. The normalized spacial score (nSPS) is 17.8. The molecule has 0 bridgehead atoms. The molecule has 1 aliphatic rings. The van der Waals surface area contributed by atoms with Crippen LogP contribution in [0.5, 0.6) is 5.75 Å². The fourth-order valence-electron chi connectivity index (χ4n) is 3.57. The lowest BCUT2D eigenvalue weighted by Gasteiger charge is -2.35. The Labute approximate surface area is 161 Å². The predicted octanol–water partition coefficient (Wildman–Crippen LogP) is 5.13. The maximum atomic E-state index is 13.0. The molecular weight excluding hydrogens is 380 g/mol. The number of fused-ring (bicyclic) bond motifs is 1. The molecule has 6 heteroatoms. The molecule has 3 aromatic carbocycles. The van der Waals surface area contributed by atoms with Gasteiger partial charge in [0.2, 0.25) is 0 Å². The van der Waals surface area contributed by atoms with Crippen LogP contribution >= 0.6 is 10.3 Å². The van der Waals surface area contributed by atoms with E-state index in [2.05, 4.69) is 0 Å². The number of hydrogen-bond donors (Lipinski definition) is 1. The summed E-state index contributed by atoms with van der Waals surface area (Å²) < 4.78 is 32.1. The SMILES string of the molecule is Cc1ccc(S(=O)(=O)OS2(c3cccc4ccc(O)cc34)CCCC2)cc1. The summed E-state index contributed by atoms with van der Waals surface area (Å²) in [6, 6.07) is 17.8. The van der Waals surface area contributed by atoms with Crippen molar-refractivity contribution in [1.82, 2.24) is 0 Å². The van der Waals surface area contributed by atoms with Crippen molar-refractivity contribution in [3.63, 3.8) is 0 Å². The Morgan fingerprint density at radius 1 is 0.963 bits per heavy atom. The van der Waals surface area contributed by atoms with E-state index in [0.29, 0.717) is 11.5 Å². The Hall–Kier alpha value is -2.02. The van der Waals surface area contributed by atoms with Crippen molar-refractivity contribution < 1.29 is 17.2 Å². The molecule has 0 spiro atoms. The van der Waals surface area contributed by atoms with Gasteiger partial charge in [-0.15, -0.1) is 0 Å². The molecule has 0 radical (unpaired) electrons. The molecule has 0 aliphatic carbocycles. The Balaban J connectivity index is 1.83. The van der Waals surface area contributed by atoms with Crippen molar-refractivity contribution in [2.75, 3.05) is 11.5 Å². The van der Waals surface area contributed by atoms with E-state index in [1.165, 1.54) is 0 Å². The van der Waals surface area contributed by atoms with Crippen LogP contribution < -0.4 is 0 Å². The number of rotatable bonds is 4. The van der Waals surface area contributed by atoms with Gasteiger partial charge in [0, 0.05) is 16.4 Å². The molecule has 1 aliphatic heterocycles. The highest BCUT2D eigenvalue weighted by atomic mass is 32.3. The van der Waals surface area contributed by atoms with Gasteiger partial charge in [0.1, 0.15) is 5.75 Å². The van der Waals surface area contributed by atoms with Gasteiger partial charge in [-0.25, -0.2) is 3.63 Å². The van der Waals surface area contributed by atoms with Crippen molar-refractivity contribution in [2.24, 2.45) is 0 Å². The molecule has 0 atom stereocenters. The highest BCUT2D eigenvalue weighted by Crippen LogP contribution is 2.64. The topological polar surface area (TPSA) is 63.6 Å². The second-order valence-corrected chi connectivity index (χ2v) is 11.7. The van der Waals surface area contributed by atoms with Gasteiger partial charge in [0.05, 0.1) is 4.90 Å². The zero-order valence-electron chi connectivity index (χ0n) is 15.1. The summed E-state index contributed by atoms with van der Waals surface area (Å²) in [4.78, 5) is 1.10. The van der Waals surface area contributed by atoms with Gasteiger partial charge in [-0.3, -0.25) is 0 Å². The van der Waals surface area contributed by atoms with Gasteiger partial charge in [-0.05, 0) is 60.9 Å². The highest BCUT2D eigenvalue weighted by molar-refractivity contribution is 8.33. The number of aromatic hydroxyl groups is 1. The molecule has 0 amide bonds. The first-order chi connectivity index (χ1) is 12.9. The number of phenols is 1. The van der Waals surface area contributed by atoms with E-state index >= 15 is 0 Å². The van der Waals surface area contributed by atoms with Crippen LogP contribution in [0.3, 0.4) is 0 Å². The van der Waals surface area contributed by atoms with Gasteiger partial charge in [-0.2, -0.15) is 8.42 Å². The molecule has 27 heavy (non-hydrogen) atoms. The Morgan fingerprint density at radius 2 is 1.67 bits per heavy atom. The minimum absolute atomic E-state index is 0.170. The average molecular weight is 403 g/mol. The van der Waals surface area contributed by atoms with Gasteiger partial charge in [0.15, 0.2) is 0 Å². The summed E-state index contributed by atoms with van der Waals surface area (Å²) in [6.07, 6.45) is 1.88. The predicted molar refractivity (Wildman–Crippen MR) is 110 cm³/mol. The summed E-state index contributed by atoms with van der Waals surface area (Å²) in [5.74, 6) is 1.60. The van der Waals surface area contributed by atoms with Crippen LogP contribution in [0, 0.1) is 6.92 Å². The summed E-state index contributed by atoms with van der Waals surface area (Å²) in [6.45, 7) is 1.92. The first-order valence-corrected chi connectivity index (χ1v) is 12.2. The number of phenolic OH excluding ortho intramolecular Hbond substituents is 1. The van der Waals surface area contributed by atoms with Crippen LogP contribution in [-0.2, 0) is 13.7 Å². The van der Waals surface area contributed by atoms with Gasteiger partial charge >= 0.3 is 10.1 Å². The number of aryl methyl sites for hydroxylation is 1. The van der Waals surface area contributed by atoms with Crippen molar-refractivity contribution >= 4 is 31.2 Å². The Morgan fingerprint density at radius 3 is 2.37 bits per heavy atom. The molecule has 1 N–H and O–H groups in total. The molecule has 142 valence electrons. The Kier molecular flexibility index (Phi) is 4.66. The zero-order chi connectivity index (χ0) is 19.1. The minimum atomic E-state index is -3.87. The molecular formula is C21H22O4S2. The van der Waals surface area contributed by atoms with E-state index < -0.39 is 20.4 Å². The van der Waals surface area contributed by atoms with E-state index in [1.807, 2.05) is 31.2 Å². The van der Waals surface area contributed by atoms with Crippen LogP contribution in [0.25, 0.3) is 10.8 Å². The van der Waals surface area contributed by atoms with Gasteiger partial charge in [0.25, 0.3) is 0 Å². The maximum absolute atomic E-state index is 13.0. The van der Waals surface area contributed by atoms with Crippen molar-refractivity contribution in [2.45, 2.75) is 29.6 Å².